The molecule has 3 N–H and O–H groups in total. The molecular weight excluding hydrogens is 460 g/mol. The van der Waals surface area contributed by atoms with Crippen molar-refractivity contribution >= 4 is 35.3 Å². The van der Waals surface area contributed by atoms with E-state index in [1.807, 2.05) is 6.07 Å². The first-order valence-electron chi connectivity index (χ1n) is 11.2. The van der Waals surface area contributed by atoms with Gasteiger partial charge >= 0.3 is 0 Å². The molecule has 36 heavy (non-hydrogen) atoms. The first kappa shape index (κ1) is 24.2. The van der Waals surface area contributed by atoms with E-state index in [0.29, 0.717) is 23.4 Å². The Morgan fingerprint density at radius 2 is 1.83 bits per heavy atom. The summed E-state index contributed by atoms with van der Waals surface area (Å²) >= 11 is 0. The van der Waals surface area contributed by atoms with Crippen LogP contribution in [0.3, 0.4) is 0 Å². The maximum Gasteiger partial charge on any atom is 0.297 e. The van der Waals surface area contributed by atoms with Gasteiger partial charge in [-0.1, -0.05) is 42.5 Å². The van der Waals surface area contributed by atoms with Crippen molar-refractivity contribution in [3.05, 3.63) is 95.2 Å². The molecule has 9 nitrogen and oxygen atoms in total. The lowest BCUT2D eigenvalue weighted by Gasteiger charge is -2.20. The van der Waals surface area contributed by atoms with Gasteiger partial charge in [0.1, 0.15) is 17.2 Å². The molecule has 9 heteroatoms. The van der Waals surface area contributed by atoms with Crippen molar-refractivity contribution in [3.8, 4) is 11.5 Å². The Hall–Kier alpha value is -4.92. The van der Waals surface area contributed by atoms with Crippen LogP contribution in [0.15, 0.2) is 83.5 Å². The number of hydrazine groups is 1. The molecular formula is C27H24N4O5. The van der Waals surface area contributed by atoms with E-state index in [-0.39, 0.29) is 34.5 Å². The number of nitrogens with zero attached hydrogens (tertiary/aromatic N) is 2. The third-order valence-electron chi connectivity index (χ3n) is 5.13. The molecule has 3 aromatic rings. The normalized spacial score (nSPS) is 13.9. The number of amidine groups is 1. The summed E-state index contributed by atoms with van der Waals surface area (Å²) in [5.41, 5.74) is 4.58. The van der Waals surface area contributed by atoms with Gasteiger partial charge in [0.05, 0.1) is 12.2 Å². The second-order valence-corrected chi connectivity index (χ2v) is 7.83. The largest absolute Gasteiger partial charge is 0.508 e. The molecule has 0 fully saturated rings. The summed E-state index contributed by atoms with van der Waals surface area (Å²) in [6.07, 6.45) is 1.53. The van der Waals surface area contributed by atoms with Gasteiger partial charge in [-0.15, -0.1) is 0 Å². The standard InChI is InChI=1S/C27H24N4O5/c1-3-36-24-16-20(28-17(2)32)12-13-22(24)26(34)30-31-25(19-9-5-4-6-10-19)29-23(27(31)35)15-18-8-7-11-21(33)14-18/h4-16,33H,3H2,1-2H3,(H,28,32)(H,30,34)/b23-15-. The van der Waals surface area contributed by atoms with Crippen LogP contribution in [0.2, 0.25) is 0 Å². The molecule has 0 saturated carbocycles. The molecule has 1 aliphatic rings. The topological polar surface area (TPSA) is 120 Å². The van der Waals surface area contributed by atoms with E-state index in [9.17, 15) is 19.5 Å². The molecule has 4 rings (SSSR count). The highest BCUT2D eigenvalue weighted by atomic mass is 16.5. The van der Waals surface area contributed by atoms with E-state index >= 15 is 0 Å². The zero-order valence-corrected chi connectivity index (χ0v) is 19.7. The van der Waals surface area contributed by atoms with E-state index < -0.39 is 11.8 Å². The summed E-state index contributed by atoms with van der Waals surface area (Å²) in [5.74, 6) is -0.845. The van der Waals surface area contributed by atoms with Crippen LogP contribution in [-0.4, -0.2) is 40.3 Å². The zero-order chi connectivity index (χ0) is 25.7. The molecule has 0 saturated heterocycles. The quantitative estimate of drug-likeness (QED) is 0.442. The Morgan fingerprint density at radius 1 is 1.06 bits per heavy atom. The van der Waals surface area contributed by atoms with Crippen LogP contribution in [0.5, 0.6) is 11.5 Å². The first-order chi connectivity index (χ1) is 17.4. The van der Waals surface area contributed by atoms with Crippen molar-refractivity contribution in [2.24, 2.45) is 4.99 Å². The average Bonchev–Trinajstić information content (AvgIpc) is 3.14. The zero-order valence-electron chi connectivity index (χ0n) is 19.7. The van der Waals surface area contributed by atoms with Crippen LogP contribution in [0.25, 0.3) is 6.08 Å². The predicted molar refractivity (Wildman–Crippen MR) is 135 cm³/mol. The Kier molecular flexibility index (Phi) is 7.10. The Labute approximate surface area is 207 Å². The van der Waals surface area contributed by atoms with Gasteiger partial charge in [0, 0.05) is 24.2 Å². The fourth-order valence-corrected chi connectivity index (χ4v) is 3.60. The molecule has 3 amide bonds. The SMILES string of the molecule is CCOc1cc(NC(C)=O)ccc1C(=O)NN1C(=O)/C(=C/c2cccc(O)c2)N=C1c1ccccc1. The summed E-state index contributed by atoms with van der Waals surface area (Å²) in [4.78, 5) is 42.5. The van der Waals surface area contributed by atoms with Crippen molar-refractivity contribution in [3.63, 3.8) is 0 Å². The van der Waals surface area contributed by atoms with Gasteiger partial charge < -0.3 is 15.2 Å². The monoisotopic (exact) mass is 484 g/mol. The molecule has 182 valence electrons. The number of hydrogen-bond acceptors (Lipinski definition) is 6. The van der Waals surface area contributed by atoms with Crippen LogP contribution in [0.1, 0.15) is 35.3 Å². The van der Waals surface area contributed by atoms with E-state index in [1.54, 1.807) is 55.5 Å². The van der Waals surface area contributed by atoms with Gasteiger partial charge in [-0.05, 0) is 42.8 Å². The molecule has 1 aliphatic heterocycles. The van der Waals surface area contributed by atoms with Crippen LogP contribution < -0.4 is 15.5 Å². The van der Waals surface area contributed by atoms with Gasteiger partial charge in [-0.3, -0.25) is 19.8 Å². The molecule has 3 aromatic carbocycles. The minimum Gasteiger partial charge on any atom is -0.508 e. The van der Waals surface area contributed by atoms with Crippen molar-refractivity contribution in [2.45, 2.75) is 13.8 Å². The number of nitrogens with one attached hydrogen (secondary N) is 2. The number of anilines is 1. The number of aliphatic imine (C=N–C) groups is 1. The molecule has 0 atom stereocenters. The average molecular weight is 485 g/mol. The third-order valence-corrected chi connectivity index (χ3v) is 5.13. The number of hydrogen-bond donors (Lipinski definition) is 3. The van der Waals surface area contributed by atoms with Gasteiger partial charge in [0.15, 0.2) is 5.84 Å². The summed E-state index contributed by atoms with van der Waals surface area (Å²) in [7, 11) is 0. The number of rotatable bonds is 7. The van der Waals surface area contributed by atoms with Gasteiger partial charge in [0.25, 0.3) is 11.8 Å². The van der Waals surface area contributed by atoms with Gasteiger partial charge in [-0.25, -0.2) is 4.99 Å². The van der Waals surface area contributed by atoms with E-state index in [2.05, 4.69) is 15.7 Å². The highest BCUT2D eigenvalue weighted by Crippen LogP contribution is 2.26. The van der Waals surface area contributed by atoms with Crippen LogP contribution >= 0.6 is 0 Å². The number of carbonyl (C=O) groups is 3. The van der Waals surface area contributed by atoms with E-state index in [4.69, 9.17) is 4.74 Å². The lowest BCUT2D eigenvalue weighted by Crippen LogP contribution is -2.47. The maximum atomic E-state index is 13.3. The van der Waals surface area contributed by atoms with Gasteiger partial charge in [0.2, 0.25) is 5.91 Å². The fraction of sp³-hybridized carbons (Fsp3) is 0.111. The maximum absolute atomic E-state index is 13.3. The summed E-state index contributed by atoms with van der Waals surface area (Å²) in [6.45, 7) is 3.45. The van der Waals surface area contributed by atoms with Crippen molar-refractivity contribution in [2.75, 3.05) is 11.9 Å². The molecule has 0 aliphatic carbocycles. The Morgan fingerprint density at radius 3 is 2.53 bits per heavy atom. The van der Waals surface area contributed by atoms with Crippen LogP contribution in [0, 0.1) is 0 Å². The number of ether oxygens (including phenoxy) is 1. The molecule has 0 bridgehead atoms. The lowest BCUT2D eigenvalue weighted by atomic mass is 10.1. The molecule has 0 spiro atoms. The lowest BCUT2D eigenvalue weighted by molar-refractivity contribution is -0.124. The number of phenolic OH excluding ortho intramolecular Hbond substituents is 1. The van der Waals surface area contributed by atoms with Crippen molar-refractivity contribution in [1.29, 1.82) is 0 Å². The molecule has 1 heterocycles. The number of aromatic hydroxyl groups is 1. The third kappa shape index (κ3) is 5.41. The second kappa shape index (κ2) is 10.6. The smallest absolute Gasteiger partial charge is 0.297 e. The first-order valence-corrected chi connectivity index (χ1v) is 11.2. The molecule has 0 unspecified atom stereocenters. The molecule has 0 radical (unpaired) electrons. The van der Waals surface area contributed by atoms with Crippen molar-refractivity contribution < 1.29 is 24.2 Å². The molecule has 0 aromatic heterocycles. The minimum absolute atomic E-state index is 0.0541. The number of carbonyl (C=O) groups excluding carboxylic acids is 3. The van der Waals surface area contributed by atoms with Crippen LogP contribution in [-0.2, 0) is 9.59 Å². The highest BCUT2D eigenvalue weighted by Gasteiger charge is 2.33. The van der Waals surface area contributed by atoms with Gasteiger partial charge in [-0.2, -0.15) is 5.01 Å². The summed E-state index contributed by atoms with van der Waals surface area (Å²) in [5, 5.41) is 13.5. The summed E-state index contributed by atoms with van der Waals surface area (Å²) in [6, 6.07) is 20.0. The second-order valence-electron chi connectivity index (χ2n) is 7.83. The number of amides is 3. The van der Waals surface area contributed by atoms with E-state index in [0.717, 1.165) is 5.01 Å². The van der Waals surface area contributed by atoms with Crippen LogP contribution in [0.4, 0.5) is 5.69 Å². The summed E-state index contributed by atoms with van der Waals surface area (Å²) < 4.78 is 5.61. The minimum atomic E-state index is -0.594. The highest BCUT2D eigenvalue weighted by molar-refractivity contribution is 6.20. The fourth-order valence-electron chi connectivity index (χ4n) is 3.60. The Bertz CT molecular complexity index is 1380. The number of phenols is 1. The van der Waals surface area contributed by atoms with Crippen molar-refractivity contribution in [1.82, 2.24) is 10.4 Å². The Balaban J connectivity index is 1.68. The number of benzene rings is 3. The van der Waals surface area contributed by atoms with E-state index in [1.165, 1.54) is 31.2 Å². The predicted octanol–water partition coefficient (Wildman–Crippen LogP) is 3.72.